The molecule has 2 atom stereocenters. The Labute approximate surface area is 154 Å². The third-order valence-electron chi connectivity index (χ3n) is 4.91. The molecule has 0 unspecified atom stereocenters. The van der Waals surface area contributed by atoms with Crippen LogP contribution in [0.2, 0.25) is 0 Å². The maximum atomic E-state index is 13.3. The number of carbonyl (C=O) groups is 1. The van der Waals surface area contributed by atoms with Gasteiger partial charge in [-0.2, -0.15) is 4.31 Å². The Kier molecular flexibility index (Phi) is 5.69. The van der Waals surface area contributed by atoms with Crippen LogP contribution < -0.4 is 10.1 Å². The second-order valence-corrected chi connectivity index (χ2v) is 8.26. The van der Waals surface area contributed by atoms with Crippen molar-refractivity contribution < 1.29 is 22.7 Å². The smallest absolute Gasteiger partial charge is 0.317 e. The Bertz CT molecular complexity index is 755. The molecule has 0 spiro atoms. The third-order valence-corrected chi connectivity index (χ3v) is 6.87. The second-order valence-electron chi connectivity index (χ2n) is 6.40. The zero-order valence-corrected chi connectivity index (χ0v) is 15.9. The molecule has 9 heteroatoms. The average molecular weight is 383 g/mol. The summed E-state index contributed by atoms with van der Waals surface area (Å²) in [5, 5.41) is 2.63. The SMILES string of the molecule is CNC(=O)N1CC[C@@H]2[C@@H](CC1)Oc1ccccc1S(=O)(=O)N2CCOC. The number of nitrogens with zero attached hydrogens (tertiary/aromatic N) is 2. The number of hydrogen-bond acceptors (Lipinski definition) is 5. The van der Waals surface area contributed by atoms with Crippen molar-refractivity contribution in [3.8, 4) is 5.75 Å². The Balaban J connectivity index is 1.98. The first-order valence-electron chi connectivity index (χ1n) is 8.72. The number of urea groups is 1. The molecule has 1 saturated heterocycles. The molecule has 26 heavy (non-hydrogen) atoms. The molecule has 2 heterocycles. The summed E-state index contributed by atoms with van der Waals surface area (Å²) in [6.07, 6.45) is 0.750. The summed E-state index contributed by atoms with van der Waals surface area (Å²) in [5.74, 6) is 0.371. The van der Waals surface area contributed by atoms with E-state index in [4.69, 9.17) is 9.47 Å². The summed E-state index contributed by atoms with van der Waals surface area (Å²) in [6, 6.07) is 6.22. The minimum Gasteiger partial charge on any atom is -0.487 e. The molecule has 2 aliphatic heterocycles. The van der Waals surface area contributed by atoms with Crippen molar-refractivity contribution >= 4 is 16.1 Å². The predicted octanol–water partition coefficient (Wildman–Crippen LogP) is 0.889. The number of para-hydroxylation sites is 1. The van der Waals surface area contributed by atoms with Crippen molar-refractivity contribution in [2.24, 2.45) is 0 Å². The van der Waals surface area contributed by atoms with E-state index in [1.165, 1.54) is 4.31 Å². The monoisotopic (exact) mass is 383 g/mol. The summed E-state index contributed by atoms with van der Waals surface area (Å²) in [6.45, 7) is 1.53. The summed E-state index contributed by atoms with van der Waals surface area (Å²) in [7, 11) is -0.573. The van der Waals surface area contributed by atoms with E-state index in [0.717, 1.165) is 0 Å². The molecule has 1 N–H and O–H groups in total. The van der Waals surface area contributed by atoms with E-state index in [0.29, 0.717) is 38.3 Å². The molecule has 2 amide bonds. The quantitative estimate of drug-likeness (QED) is 0.837. The Hall–Kier alpha value is -1.84. The number of hydrogen-bond donors (Lipinski definition) is 1. The fraction of sp³-hybridized carbons (Fsp3) is 0.588. The molecule has 0 aliphatic carbocycles. The van der Waals surface area contributed by atoms with Crippen LogP contribution in [0.1, 0.15) is 12.8 Å². The molecule has 3 rings (SSSR count). The van der Waals surface area contributed by atoms with Crippen LogP contribution in [0.5, 0.6) is 5.75 Å². The maximum absolute atomic E-state index is 13.3. The van der Waals surface area contributed by atoms with E-state index in [-0.39, 0.29) is 29.6 Å². The molecular formula is C17H25N3O5S. The Morgan fingerprint density at radius 3 is 2.77 bits per heavy atom. The fourth-order valence-corrected chi connectivity index (χ4v) is 5.37. The molecule has 0 aromatic heterocycles. The van der Waals surface area contributed by atoms with Crippen LogP contribution in [0.15, 0.2) is 29.2 Å². The number of nitrogens with one attached hydrogen (secondary N) is 1. The van der Waals surface area contributed by atoms with Crippen LogP contribution in [0, 0.1) is 0 Å². The normalized spacial score (nSPS) is 25.2. The first-order valence-corrected chi connectivity index (χ1v) is 10.2. The number of likely N-dealkylation sites (tertiary alicyclic amines) is 1. The zero-order valence-electron chi connectivity index (χ0n) is 15.1. The lowest BCUT2D eigenvalue weighted by molar-refractivity contribution is 0.0958. The molecule has 1 fully saturated rings. The molecule has 0 bridgehead atoms. The lowest BCUT2D eigenvalue weighted by Crippen LogP contribution is -2.48. The van der Waals surface area contributed by atoms with Gasteiger partial charge in [-0.15, -0.1) is 0 Å². The molecule has 8 nitrogen and oxygen atoms in total. The standard InChI is InChI=1S/C17H25N3O5S/c1-18-17(21)19-9-7-13-14(8-10-19)25-15-5-3-4-6-16(15)26(22,23)20(13)11-12-24-2/h3-6,13-14H,7-12H2,1-2H3,(H,18,21)/t13-,14-/m1/s1. The Morgan fingerprint density at radius 1 is 1.31 bits per heavy atom. The van der Waals surface area contributed by atoms with Gasteiger partial charge in [0.25, 0.3) is 0 Å². The number of ether oxygens (including phenoxy) is 2. The number of fused-ring (bicyclic) bond motifs is 2. The van der Waals surface area contributed by atoms with E-state index in [2.05, 4.69) is 5.32 Å². The topological polar surface area (TPSA) is 88.2 Å². The minimum atomic E-state index is -3.71. The highest BCUT2D eigenvalue weighted by atomic mass is 32.2. The number of rotatable bonds is 3. The molecule has 2 aliphatic rings. The van der Waals surface area contributed by atoms with E-state index < -0.39 is 10.0 Å². The Morgan fingerprint density at radius 2 is 2.04 bits per heavy atom. The number of carbonyl (C=O) groups excluding carboxylic acids is 1. The van der Waals surface area contributed by atoms with Crippen LogP contribution in [0.3, 0.4) is 0 Å². The maximum Gasteiger partial charge on any atom is 0.317 e. The molecule has 0 saturated carbocycles. The molecular weight excluding hydrogens is 358 g/mol. The van der Waals surface area contributed by atoms with Gasteiger partial charge in [0.15, 0.2) is 0 Å². The van der Waals surface area contributed by atoms with Crippen LogP contribution in [0.25, 0.3) is 0 Å². The van der Waals surface area contributed by atoms with Crippen LogP contribution in [-0.2, 0) is 14.8 Å². The van der Waals surface area contributed by atoms with Crippen molar-refractivity contribution in [2.45, 2.75) is 29.9 Å². The first-order chi connectivity index (χ1) is 12.5. The van der Waals surface area contributed by atoms with Crippen molar-refractivity contribution in [3.05, 3.63) is 24.3 Å². The highest BCUT2D eigenvalue weighted by molar-refractivity contribution is 7.89. The highest BCUT2D eigenvalue weighted by Crippen LogP contribution is 2.36. The second kappa shape index (κ2) is 7.81. The van der Waals surface area contributed by atoms with E-state index in [1.54, 1.807) is 43.3 Å². The van der Waals surface area contributed by atoms with Gasteiger partial charge in [-0.05, 0) is 18.6 Å². The minimum absolute atomic E-state index is 0.159. The lowest BCUT2D eigenvalue weighted by Gasteiger charge is -2.31. The van der Waals surface area contributed by atoms with E-state index in [1.807, 2.05) is 0 Å². The van der Waals surface area contributed by atoms with Gasteiger partial charge in [-0.3, -0.25) is 0 Å². The largest absolute Gasteiger partial charge is 0.487 e. The van der Waals surface area contributed by atoms with Gasteiger partial charge >= 0.3 is 6.03 Å². The van der Waals surface area contributed by atoms with Crippen LogP contribution in [0.4, 0.5) is 4.79 Å². The van der Waals surface area contributed by atoms with Gasteiger partial charge < -0.3 is 19.7 Å². The number of methoxy groups -OCH3 is 1. The van der Waals surface area contributed by atoms with Gasteiger partial charge in [0.05, 0.1) is 12.6 Å². The third kappa shape index (κ3) is 3.51. The number of benzene rings is 1. The molecule has 1 aromatic rings. The fourth-order valence-electron chi connectivity index (χ4n) is 3.58. The van der Waals surface area contributed by atoms with Crippen molar-refractivity contribution in [1.82, 2.24) is 14.5 Å². The number of sulfonamides is 1. The van der Waals surface area contributed by atoms with Gasteiger partial charge in [0, 0.05) is 40.2 Å². The average Bonchev–Trinajstić information content (AvgIpc) is 2.88. The highest BCUT2D eigenvalue weighted by Gasteiger charge is 2.43. The molecule has 0 radical (unpaired) electrons. The summed E-state index contributed by atoms with van der Waals surface area (Å²) < 4.78 is 39.3. The van der Waals surface area contributed by atoms with Crippen molar-refractivity contribution in [2.75, 3.05) is 40.4 Å². The van der Waals surface area contributed by atoms with Crippen LogP contribution in [-0.4, -0.2) is 76.2 Å². The van der Waals surface area contributed by atoms with Gasteiger partial charge in [0.2, 0.25) is 10.0 Å². The van der Waals surface area contributed by atoms with Gasteiger partial charge in [0.1, 0.15) is 16.7 Å². The van der Waals surface area contributed by atoms with E-state index in [9.17, 15) is 13.2 Å². The van der Waals surface area contributed by atoms with Crippen LogP contribution >= 0.6 is 0 Å². The summed E-state index contributed by atoms with van der Waals surface area (Å²) >= 11 is 0. The van der Waals surface area contributed by atoms with Crippen molar-refractivity contribution in [1.29, 1.82) is 0 Å². The van der Waals surface area contributed by atoms with Gasteiger partial charge in [-0.1, -0.05) is 12.1 Å². The summed E-state index contributed by atoms with van der Waals surface area (Å²) in [4.78, 5) is 13.9. The van der Waals surface area contributed by atoms with E-state index >= 15 is 0 Å². The number of amides is 2. The first kappa shape index (κ1) is 18.9. The molecule has 1 aromatic carbocycles. The predicted molar refractivity (Wildman–Crippen MR) is 95.7 cm³/mol. The summed E-state index contributed by atoms with van der Waals surface area (Å²) in [5.41, 5.74) is 0. The zero-order chi connectivity index (χ0) is 18.7. The lowest BCUT2D eigenvalue weighted by atomic mass is 10.1. The van der Waals surface area contributed by atoms with Crippen molar-refractivity contribution in [3.63, 3.8) is 0 Å². The molecule has 144 valence electrons. The van der Waals surface area contributed by atoms with Gasteiger partial charge in [-0.25, -0.2) is 13.2 Å².